The normalized spacial score (nSPS) is 10.3. The van der Waals surface area contributed by atoms with Gasteiger partial charge >= 0.3 is 0 Å². The third kappa shape index (κ3) is 4.53. The number of nitrogens with one attached hydrogen (secondary N) is 1. The second-order valence-electron chi connectivity index (χ2n) is 5.31. The Hall–Kier alpha value is -3.58. The van der Waals surface area contributed by atoms with Crippen LogP contribution < -0.4 is 10.2 Å². The first-order valence-electron chi connectivity index (χ1n) is 7.96. The van der Waals surface area contributed by atoms with E-state index in [2.05, 4.69) is 10.5 Å². The van der Waals surface area contributed by atoms with Gasteiger partial charge in [-0.25, -0.2) is 5.43 Å². The average Bonchev–Trinajstić information content (AvgIpc) is 2.71. The molecule has 0 aliphatic carbocycles. The molecule has 0 saturated carbocycles. The molecule has 3 rings (SSSR count). The van der Waals surface area contributed by atoms with Crippen LogP contribution in [0.25, 0.3) is 10.8 Å². The van der Waals surface area contributed by atoms with Gasteiger partial charge in [0.2, 0.25) is 0 Å². The number of hydrazone groups is 1. The number of amides is 1. The standard InChI is InChI=1S/C19H16N2O4.CH4O/c1-25-18-10-13(7-9-17(18)23)19(24)21-20-11-15-14-5-3-2-4-12(14)6-8-16(15)22;1-2/h2-11,22-23H,1H3,(H,21,24);2H,1H3/b20-11+;. The van der Waals surface area contributed by atoms with Gasteiger partial charge in [-0.05, 0) is 35.0 Å². The highest BCUT2D eigenvalue weighted by atomic mass is 16.5. The van der Waals surface area contributed by atoms with Crippen LogP contribution in [-0.4, -0.2) is 41.7 Å². The number of hydrogen-bond acceptors (Lipinski definition) is 6. The van der Waals surface area contributed by atoms with Crippen molar-refractivity contribution in [2.45, 2.75) is 0 Å². The van der Waals surface area contributed by atoms with Gasteiger partial charge in [-0.1, -0.05) is 30.3 Å². The fraction of sp³-hybridized carbons (Fsp3) is 0.100. The van der Waals surface area contributed by atoms with E-state index in [1.165, 1.54) is 31.5 Å². The quantitative estimate of drug-likeness (QED) is 0.418. The maximum absolute atomic E-state index is 12.1. The zero-order valence-corrected chi connectivity index (χ0v) is 14.9. The van der Waals surface area contributed by atoms with Crippen molar-refractivity contribution >= 4 is 22.9 Å². The molecule has 1 amide bonds. The van der Waals surface area contributed by atoms with Crippen molar-refractivity contribution in [2.24, 2.45) is 5.10 Å². The van der Waals surface area contributed by atoms with E-state index in [1.807, 2.05) is 30.3 Å². The van der Waals surface area contributed by atoms with Gasteiger partial charge in [-0.15, -0.1) is 0 Å². The highest BCUT2D eigenvalue weighted by Gasteiger charge is 2.09. The second-order valence-corrected chi connectivity index (χ2v) is 5.31. The van der Waals surface area contributed by atoms with Gasteiger partial charge in [0.1, 0.15) is 5.75 Å². The molecular formula is C20H20N2O5. The topological polar surface area (TPSA) is 111 Å². The summed E-state index contributed by atoms with van der Waals surface area (Å²) in [6.07, 6.45) is 1.40. The minimum Gasteiger partial charge on any atom is -0.507 e. The number of aliphatic hydroxyl groups excluding tert-OH is 1. The minimum atomic E-state index is -0.464. The van der Waals surface area contributed by atoms with E-state index < -0.39 is 5.91 Å². The lowest BCUT2D eigenvalue weighted by Gasteiger charge is -2.06. The third-order valence-electron chi connectivity index (χ3n) is 3.75. The van der Waals surface area contributed by atoms with Crippen LogP contribution in [0.1, 0.15) is 15.9 Å². The highest BCUT2D eigenvalue weighted by molar-refractivity contribution is 6.03. The molecule has 0 aliphatic rings. The number of hydrogen-bond donors (Lipinski definition) is 4. The number of phenolic OH excluding ortho intramolecular Hbond substituents is 2. The van der Waals surface area contributed by atoms with Crippen LogP contribution in [0.2, 0.25) is 0 Å². The molecule has 0 radical (unpaired) electrons. The van der Waals surface area contributed by atoms with Crippen LogP contribution in [-0.2, 0) is 0 Å². The number of carbonyl (C=O) groups is 1. The molecule has 0 aromatic heterocycles. The number of ether oxygens (including phenoxy) is 1. The monoisotopic (exact) mass is 368 g/mol. The molecule has 7 heteroatoms. The molecule has 0 aliphatic heterocycles. The van der Waals surface area contributed by atoms with Gasteiger partial charge in [0.25, 0.3) is 5.91 Å². The Morgan fingerprint density at radius 2 is 1.74 bits per heavy atom. The summed E-state index contributed by atoms with van der Waals surface area (Å²) in [6, 6.07) is 15.2. The number of methoxy groups -OCH3 is 1. The second kappa shape index (κ2) is 9.21. The molecule has 0 bridgehead atoms. The van der Waals surface area contributed by atoms with Crippen LogP contribution >= 0.6 is 0 Å². The first kappa shape index (κ1) is 19.7. The smallest absolute Gasteiger partial charge is 0.271 e. The molecule has 0 fully saturated rings. The number of aromatic hydroxyl groups is 2. The Morgan fingerprint density at radius 1 is 1.04 bits per heavy atom. The number of benzene rings is 3. The summed E-state index contributed by atoms with van der Waals surface area (Å²) >= 11 is 0. The van der Waals surface area contributed by atoms with Crippen LogP contribution in [0.5, 0.6) is 17.2 Å². The maximum Gasteiger partial charge on any atom is 0.271 e. The third-order valence-corrected chi connectivity index (χ3v) is 3.75. The van der Waals surface area contributed by atoms with Crippen molar-refractivity contribution in [2.75, 3.05) is 14.2 Å². The Labute approximate surface area is 156 Å². The Morgan fingerprint density at radius 3 is 2.48 bits per heavy atom. The van der Waals surface area contributed by atoms with E-state index in [9.17, 15) is 15.0 Å². The van der Waals surface area contributed by atoms with Gasteiger partial charge in [-0.2, -0.15) is 5.10 Å². The molecule has 3 aromatic rings. The Balaban J connectivity index is 0.00000126. The predicted octanol–water partition coefficient (Wildman–Crippen LogP) is 2.63. The lowest BCUT2D eigenvalue weighted by atomic mass is 10.0. The summed E-state index contributed by atoms with van der Waals surface area (Å²) in [6.45, 7) is 0. The number of carbonyl (C=O) groups excluding carboxylic acids is 1. The predicted molar refractivity (Wildman–Crippen MR) is 103 cm³/mol. The van der Waals surface area contributed by atoms with Gasteiger partial charge in [0.05, 0.1) is 13.3 Å². The fourth-order valence-corrected chi connectivity index (χ4v) is 2.46. The van der Waals surface area contributed by atoms with Crippen LogP contribution in [0.4, 0.5) is 0 Å². The number of aliphatic hydroxyl groups is 1. The van der Waals surface area contributed by atoms with Crippen molar-refractivity contribution in [1.82, 2.24) is 5.43 Å². The summed E-state index contributed by atoms with van der Waals surface area (Å²) < 4.78 is 4.97. The van der Waals surface area contributed by atoms with Gasteiger partial charge in [0.15, 0.2) is 11.5 Å². The summed E-state index contributed by atoms with van der Waals surface area (Å²) in [5.41, 5.74) is 3.19. The van der Waals surface area contributed by atoms with E-state index in [4.69, 9.17) is 9.84 Å². The molecule has 4 N–H and O–H groups in total. The van der Waals surface area contributed by atoms with Gasteiger partial charge in [0, 0.05) is 18.2 Å². The van der Waals surface area contributed by atoms with E-state index >= 15 is 0 Å². The summed E-state index contributed by atoms with van der Waals surface area (Å²) in [5, 5.41) is 32.3. The zero-order valence-electron chi connectivity index (χ0n) is 14.9. The molecule has 0 atom stereocenters. The van der Waals surface area contributed by atoms with Gasteiger partial charge < -0.3 is 20.1 Å². The molecule has 3 aromatic carbocycles. The van der Waals surface area contributed by atoms with Crippen molar-refractivity contribution in [3.05, 3.63) is 65.7 Å². The lowest BCUT2D eigenvalue weighted by Crippen LogP contribution is -2.17. The largest absolute Gasteiger partial charge is 0.507 e. The first-order valence-corrected chi connectivity index (χ1v) is 7.96. The SMILES string of the molecule is CO.COc1cc(C(=O)N/N=C/c2c(O)ccc3ccccc23)ccc1O. The molecule has 0 heterocycles. The molecular weight excluding hydrogens is 348 g/mol. The van der Waals surface area contributed by atoms with Gasteiger partial charge in [-0.3, -0.25) is 4.79 Å². The maximum atomic E-state index is 12.1. The molecule has 0 saturated heterocycles. The number of rotatable bonds is 4. The minimum absolute atomic E-state index is 0.0526. The van der Waals surface area contributed by atoms with E-state index in [-0.39, 0.29) is 22.8 Å². The highest BCUT2D eigenvalue weighted by Crippen LogP contribution is 2.27. The molecule has 7 nitrogen and oxygen atoms in total. The van der Waals surface area contributed by atoms with Crippen molar-refractivity contribution in [3.63, 3.8) is 0 Å². The first-order chi connectivity index (χ1) is 13.1. The fourth-order valence-electron chi connectivity index (χ4n) is 2.46. The number of fused-ring (bicyclic) bond motifs is 1. The van der Waals surface area contributed by atoms with Crippen LogP contribution in [0, 0.1) is 0 Å². The van der Waals surface area contributed by atoms with Crippen molar-refractivity contribution in [3.8, 4) is 17.2 Å². The summed E-state index contributed by atoms with van der Waals surface area (Å²) in [5.74, 6) is -0.246. The summed E-state index contributed by atoms with van der Waals surface area (Å²) in [7, 11) is 2.40. The average molecular weight is 368 g/mol. The molecule has 0 unspecified atom stereocenters. The molecule has 0 spiro atoms. The number of nitrogens with zero attached hydrogens (tertiary/aromatic N) is 1. The molecule has 140 valence electrons. The van der Waals surface area contributed by atoms with E-state index in [0.717, 1.165) is 17.9 Å². The number of phenols is 2. The summed E-state index contributed by atoms with van der Waals surface area (Å²) in [4.78, 5) is 12.1. The van der Waals surface area contributed by atoms with E-state index in [0.29, 0.717) is 5.56 Å². The van der Waals surface area contributed by atoms with Crippen LogP contribution in [0.15, 0.2) is 59.7 Å². The zero-order chi connectivity index (χ0) is 19.8. The van der Waals surface area contributed by atoms with Crippen molar-refractivity contribution in [1.29, 1.82) is 0 Å². The Kier molecular flexibility index (Phi) is 6.73. The molecule has 27 heavy (non-hydrogen) atoms. The Bertz CT molecular complexity index is 970. The lowest BCUT2D eigenvalue weighted by molar-refractivity contribution is 0.0954. The van der Waals surface area contributed by atoms with E-state index in [1.54, 1.807) is 6.07 Å². The van der Waals surface area contributed by atoms with Crippen molar-refractivity contribution < 1.29 is 24.9 Å². The van der Waals surface area contributed by atoms with Crippen LogP contribution in [0.3, 0.4) is 0 Å².